The highest BCUT2D eigenvalue weighted by atomic mass is 35.5. The summed E-state index contributed by atoms with van der Waals surface area (Å²) in [6.07, 6.45) is 10.7. The van der Waals surface area contributed by atoms with E-state index in [2.05, 4.69) is 16.5 Å². The number of alkyl halides is 1. The van der Waals surface area contributed by atoms with Gasteiger partial charge in [0, 0.05) is 12.2 Å². The van der Waals surface area contributed by atoms with E-state index in [4.69, 9.17) is 11.6 Å². The van der Waals surface area contributed by atoms with Crippen LogP contribution in [0.15, 0.2) is 12.5 Å². The van der Waals surface area contributed by atoms with Crippen LogP contribution in [-0.2, 0) is 5.88 Å². The van der Waals surface area contributed by atoms with E-state index in [9.17, 15) is 0 Å². The van der Waals surface area contributed by atoms with Gasteiger partial charge < -0.3 is 4.57 Å². The summed E-state index contributed by atoms with van der Waals surface area (Å²) in [4.78, 5) is 4.19. The van der Waals surface area contributed by atoms with Crippen molar-refractivity contribution in [1.82, 2.24) is 9.55 Å². The van der Waals surface area contributed by atoms with Gasteiger partial charge in [0.2, 0.25) is 0 Å². The van der Waals surface area contributed by atoms with Crippen LogP contribution in [0, 0.1) is 5.92 Å². The van der Waals surface area contributed by atoms with Crippen molar-refractivity contribution in [3.63, 3.8) is 0 Å². The molecule has 1 heterocycles. The third-order valence-electron chi connectivity index (χ3n) is 3.65. The number of hydrogen-bond donors (Lipinski definition) is 0. The number of halogens is 1. The Morgan fingerprint density at radius 3 is 2.87 bits per heavy atom. The third kappa shape index (κ3) is 2.36. The molecule has 3 heteroatoms. The SMILES string of the molecule is CC(C1CCCCC1)n1cncc1CCl. The highest BCUT2D eigenvalue weighted by Gasteiger charge is 2.22. The van der Waals surface area contributed by atoms with Gasteiger partial charge in [-0.2, -0.15) is 0 Å². The molecule has 0 aromatic carbocycles. The Balaban J connectivity index is 2.08. The van der Waals surface area contributed by atoms with Crippen LogP contribution in [0.5, 0.6) is 0 Å². The summed E-state index contributed by atoms with van der Waals surface area (Å²) in [5.74, 6) is 1.38. The molecule has 15 heavy (non-hydrogen) atoms. The first-order valence-electron chi connectivity index (χ1n) is 5.89. The third-order valence-corrected chi connectivity index (χ3v) is 3.93. The number of nitrogens with zero attached hydrogens (tertiary/aromatic N) is 2. The molecule has 0 aliphatic heterocycles. The molecule has 1 unspecified atom stereocenters. The molecule has 0 bridgehead atoms. The van der Waals surface area contributed by atoms with E-state index in [1.165, 1.54) is 32.1 Å². The normalized spacial score (nSPS) is 20.4. The van der Waals surface area contributed by atoms with Crippen molar-refractivity contribution in [3.05, 3.63) is 18.2 Å². The van der Waals surface area contributed by atoms with Crippen molar-refractivity contribution in [3.8, 4) is 0 Å². The van der Waals surface area contributed by atoms with E-state index in [1.807, 2.05) is 12.5 Å². The predicted octanol–water partition coefficient (Wildman–Crippen LogP) is 3.76. The Kier molecular flexibility index (Phi) is 3.68. The predicted molar refractivity (Wildman–Crippen MR) is 63.1 cm³/mol. The van der Waals surface area contributed by atoms with E-state index in [1.54, 1.807) is 0 Å². The van der Waals surface area contributed by atoms with Crippen molar-refractivity contribution in [2.45, 2.75) is 50.9 Å². The first-order valence-corrected chi connectivity index (χ1v) is 6.43. The lowest BCUT2D eigenvalue weighted by Gasteiger charge is -2.29. The average molecular weight is 227 g/mol. The fourth-order valence-electron chi connectivity index (χ4n) is 2.65. The second-order valence-electron chi connectivity index (χ2n) is 4.56. The minimum absolute atomic E-state index is 0.557. The Bertz CT molecular complexity index is 302. The minimum Gasteiger partial charge on any atom is -0.330 e. The fourth-order valence-corrected chi connectivity index (χ4v) is 2.85. The Labute approximate surface area is 96.7 Å². The van der Waals surface area contributed by atoms with Crippen molar-refractivity contribution in [2.24, 2.45) is 5.92 Å². The average Bonchev–Trinajstić information content (AvgIpc) is 2.77. The van der Waals surface area contributed by atoms with Crippen molar-refractivity contribution < 1.29 is 0 Å². The van der Waals surface area contributed by atoms with Gasteiger partial charge in [0.25, 0.3) is 0 Å². The maximum Gasteiger partial charge on any atom is 0.0951 e. The molecule has 84 valence electrons. The molecule has 0 saturated heterocycles. The van der Waals surface area contributed by atoms with Crippen LogP contribution < -0.4 is 0 Å². The summed E-state index contributed by atoms with van der Waals surface area (Å²) in [5.41, 5.74) is 1.15. The van der Waals surface area contributed by atoms with Crippen LogP contribution in [0.2, 0.25) is 0 Å². The molecule has 1 aliphatic rings. The number of imidazole rings is 1. The highest BCUT2D eigenvalue weighted by molar-refractivity contribution is 6.16. The summed E-state index contributed by atoms with van der Waals surface area (Å²) in [5, 5.41) is 0. The second-order valence-corrected chi connectivity index (χ2v) is 4.83. The quantitative estimate of drug-likeness (QED) is 0.718. The maximum atomic E-state index is 5.90. The number of hydrogen-bond acceptors (Lipinski definition) is 1. The van der Waals surface area contributed by atoms with Crippen LogP contribution >= 0.6 is 11.6 Å². The van der Waals surface area contributed by atoms with Crippen molar-refractivity contribution in [1.29, 1.82) is 0 Å². The van der Waals surface area contributed by atoms with Crippen LogP contribution in [0.4, 0.5) is 0 Å². The molecule has 0 N–H and O–H groups in total. The van der Waals surface area contributed by atoms with Gasteiger partial charge in [-0.25, -0.2) is 4.98 Å². The summed E-state index contributed by atoms with van der Waals surface area (Å²) < 4.78 is 2.25. The lowest BCUT2D eigenvalue weighted by Crippen LogP contribution is -2.20. The van der Waals surface area contributed by atoms with E-state index >= 15 is 0 Å². The minimum atomic E-state index is 0.557. The molecule has 1 fully saturated rings. The Hall–Kier alpha value is -0.500. The van der Waals surface area contributed by atoms with Gasteiger partial charge in [-0.05, 0) is 25.7 Å². The van der Waals surface area contributed by atoms with Crippen LogP contribution in [0.3, 0.4) is 0 Å². The molecular weight excluding hydrogens is 208 g/mol. The smallest absolute Gasteiger partial charge is 0.0951 e. The molecule has 1 atom stereocenters. The lowest BCUT2D eigenvalue weighted by atomic mass is 9.84. The van der Waals surface area contributed by atoms with E-state index in [-0.39, 0.29) is 0 Å². The second kappa shape index (κ2) is 5.02. The van der Waals surface area contributed by atoms with E-state index in [0.717, 1.165) is 11.6 Å². The standard InChI is InChI=1S/C12H19ClN2/c1-10(11-5-3-2-4-6-11)15-9-14-8-12(15)7-13/h8-11H,2-7H2,1H3. The first kappa shape index (κ1) is 11.0. The van der Waals surface area contributed by atoms with Gasteiger partial charge in [-0.1, -0.05) is 19.3 Å². The zero-order valence-corrected chi connectivity index (χ0v) is 10.1. The first-order chi connectivity index (χ1) is 7.33. The zero-order valence-electron chi connectivity index (χ0n) is 9.32. The van der Waals surface area contributed by atoms with Crippen LogP contribution in [-0.4, -0.2) is 9.55 Å². The molecule has 0 radical (unpaired) electrons. The van der Waals surface area contributed by atoms with E-state index < -0.39 is 0 Å². The Morgan fingerprint density at radius 1 is 1.47 bits per heavy atom. The molecule has 2 rings (SSSR count). The van der Waals surface area contributed by atoms with Gasteiger partial charge in [-0.3, -0.25) is 0 Å². The largest absolute Gasteiger partial charge is 0.330 e. The molecular formula is C12H19ClN2. The van der Waals surface area contributed by atoms with Gasteiger partial charge in [0.05, 0.1) is 17.9 Å². The number of rotatable bonds is 3. The summed E-state index contributed by atoms with van der Waals surface area (Å²) in [6, 6.07) is 0.557. The lowest BCUT2D eigenvalue weighted by molar-refractivity contribution is 0.261. The summed E-state index contributed by atoms with van der Waals surface area (Å²) >= 11 is 5.90. The maximum absolute atomic E-state index is 5.90. The van der Waals surface area contributed by atoms with Crippen LogP contribution in [0.25, 0.3) is 0 Å². The molecule has 0 amide bonds. The highest BCUT2D eigenvalue weighted by Crippen LogP contribution is 2.33. The monoisotopic (exact) mass is 226 g/mol. The van der Waals surface area contributed by atoms with Gasteiger partial charge in [0.15, 0.2) is 0 Å². The fraction of sp³-hybridized carbons (Fsp3) is 0.750. The summed E-state index contributed by atoms with van der Waals surface area (Å²) in [6.45, 7) is 2.30. The van der Waals surface area contributed by atoms with Gasteiger partial charge in [-0.15, -0.1) is 11.6 Å². The van der Waals surface area contributed by atoms with Gasteiger partial charge >= 0.3 is 0 Å². The van der Waals surface area contributed by atoms with Crippen molar-refractivity contribution >= 4 is 11.6 Å². The molecule has 1 aromatic rings. The topological polar surface area (TPSA) is 17.8 Å². The number of aromatic nitrogens is 2. The molecule has 1 aliphatic carbocycles. The molecule has 1 saturated carbocycles. The zero-order chi connectivity index (χ0) is 10.7. The summed E-state index contributed by atoms with van der Waals surface area (Å²) in [7, 11) is 0. The van der Waals surface area contributed by atoms with E-state index in [0.29, 0.717) is 11.9 Å². The molecule has 1 aromatic heterocycles. The Morgan fingerprint density at radius 2 is 2.20 bits per heavy atom. The molecule has 2 nitrogen and oxygen atoms in total. The molecule has 0 spiro atoms. The van der Waals surface area contributed by atoms with Crippen molar-refractivity contribution in [2.75, 3.05) is 0 Å². The van der Waals surface area contributed by atoms with Gasteiger partial charge in [0.1, 0.15) is 0 Å². The van der Waals surface area contributed by atoms with Crippen LogP contribution in [0.1, 0.15) is 50.8 Å².